The molecule has 0 aliphatic carbocycles. The number of hydrogen-bond acceptors (Lipinski definition) is 0. The van der Waals surface area contributed by atoms with Gasteiger partial charge < -0.3 is 24.8 Å². The molecule has 32 heavy (non-hydrogen) atoms. The Bertz CT molecular complexity index is 575. The molecule has 8 heteroatoms. The van der Waals surface area contributed by atoms with E-state index in [1.54, 1.807) is 0 Å². The van der Waals surface area contributed by atoms with Gasteiger partial charge in [-0.1, -0.05) is 91.7 Å². The average molecular weight is 641 g/mol. The smallest absolute Gasteiger partial charge is 1.00 e. The van der Waals surface area contributed by atoms with Crippen molar-refractivity contribution in [2.75, 3.05) is 0 Å². The first-order valence-corrected chi connectivity index (χ1v) is 28.7. The summed E-state index contributed by atoms with van der Waals surface area (Å²) in [5, 5.41) is 1.44. The summed E-state index contributed by atoms with van der Waals surface area (Å²) in [4.78, 5) is 0. The summed E-state index contributed by atoms with van der Waals surface area (Å²) in [5.41, 5.74) is 4.81. The summed E-state index contributed by atoms with van der Waals surface area (Å²) in [6, 6.07) is 0. The van der Waals surface area contributed by atoms with Gasteiger partial charge in [-0.05, 0) is 26.5 Å². The average Bonchev–Trinajstić information content (AvgIpc) is 2.40. The number of allylic oxidation sites excluding steroid dienone is 6. The van der Waals surface area contributed by atoms with Crippen molar-refractivity contribution in [1.29, 1.82) is 0 Å². The molecule has 0 N–H and O–H groups in total. The van der Waals surface area contributed by atoms with Crippen molar-refractivity contribution in [3.63, 3.8) is 0 Å². The Morgan fingerprint density at radius 3 is 0.938 bits per heavy atom. The fourth-order valence-corrected chi connectivity index (χ4v) is 27.5. The Kier molecular flexibility index (Phi) is 19.8. The van der Waals surface area contributed by atoms with Crippen molar-refractivity contribution >= 4 is 40.4 Å². The summed E-state index contributed by atoms with van der Waals surface area (Å²) in [6.07, 6.45) is 16.6. The molecular formula is C24H50Cl2Si5Zr. The standard InChI is InChI=1S/C24H50Si5.2ClH.Zr/c1-25(2,3)21-17-15-19-23(27(7,8)9)29(13,14)24(28(10,11)12)20-16-18-22-26(4,5)6;;;/h17-24H,1-14H3;2*1H;/q-2;;;+4/p-2. The van der Waals surface area contributed by atoms with Gasteiger partial charge in [0.25, 0.3) is 0 Å². The molecule has 0 bridgehead atoms. The van der Waals surface area contributed by atoms with Crippen LogP contribution in [0.2, 0.25) is 102 Å². The van der Waals surface area contributed by atoms with Crippen LogP contribution in [0, 0.1) is 12.2 Å². The molecule has 0 radical (unpaired) electrons. The Morgan fingerprint density at radius 2 is 0.750 bits per heavy atom. The third-order valence-electron chi connectivity index (χ3n) is 5.35. The second kappa shape index (κ2) is 15.6. The molecule has 0 fully saturated rings. The summed E-state index contributed by atoms with van der Waals surface area (Å²) in [6.45, 7) is 34.9. The molecule has 0 heterocycles. The van der Waals surface area contributed by atoms with Crippen LogP contribution in [-0.4, -0.2) is 40.4 Å². The molecule has 0 amide bonds. The van der Waals surface area contributed by atoms with Crippen LogP contribution in [0.3, 0.4) is 0 Å². The molecule has 184 valence electrons. The maximum absolute atomic E-state index is 3.62. The summed E-state index contributed by atoms with van der Waals surface area (Å²) >= 11 is 0. The normalized spacial score (nSPS) is 16.2. The minimum atomic E-state index is -1.58. The molecule has 0 aliphatic heterocycles. The first kappa shape index (κ1) is 40.7. The first-order chi connectivity index (χ1) is 12.7. The zero-order chi connectivity index (χ0) is 23.3. The van der Waals surface area contributed by atoms with E-state index in [0.29, 0.717) is 0 Å². The molecule has 0 rings (SSSR count). The van der Waals surface area contributed by atoms with Gasteiger partial charge in [-0.15, -0.1) is 0 Å². The zero-order valence-corrected chi connectivity index (χ0v) is 32.3. The summed E-state index contributed by atoms with van der Waals surface area (Å²) < 4.78 is 0. The molecule has 0 saturated carbocycles. The predicted molar refractivity (Wildman–Crippen MR) is 152 cm³/mol. The van der Waals surface area contributed by atoms with Crippen molar-refractivity contribution in [2.45, 2.75) is 102 Å². The van der Waals surface area contributed by atoms with E-state index >= 15 is 0 Å². The Hall–Kier alpha value is 1.51. The second-order valence-electron chi connectivity index (χ2n) is 13.6. The maximum atomic E-state index is 3.62. The Balaban J connectivity index is -0.00000131. The first-order valence-electron chi connectivity index (χ1n) is 11.2. The van der Waals surface area contributed by atoms with Crippen LogP contribution in [-0.2, 0) is 26.2 Å². The van der Waals surface area contributed by atoms with Crippen molar-refractivity contribution in [1.82, 2.24) is 0 Å². The van der Waals surface area contributed by atoms with Gasteiger partial charge in [0.2, 0.25) is 0 Å². The quantitative estimate of drug-likeness (QED) is 0.196. The molecule has 0 saturated heterocycles. The van der Waals surface area contributed by atoms with E-state index in [2.05, 4.69) is 140 Å². The van der Waals surface area contributed by atoms with Gasteiger partial charge >= 0.3 is 26.2 Å². The maximum Gasteiger partial charge on any atom is 4.00 e. The van der Waals surface area contributed by atoms with Gasteiger partial charge in [-0.25, -0.2) is 23.6 Å². The third-order valence-corrected chi connectivity index (χ3v) is 25.0. The zero-order valence-electron chi connectivity index (χ0n) is 23.4. The molecule has 0 aliphatic rings. The van der Waals surface area contributed by atoms with E-state index in [9.17, 15) is 0 Å². The molecule has 0 aromatic rings. The molecular weight excluding hydrogens is 591 g/mol. The van der Waals surface area contributed by atoms with Gasteiger partial charge in [-0.2, -0.15) is 12.2 Å². The van der Waals surface area contributed by atoms with E-state index in [1.807, 2.05) is 0 Å². The van der Waals surface area contributed by atoms with Crippen LogP contribution >= 0.6 is 0 Å². The van der Waals surface area contributed by atoms with Gasteiger partial charge in [0.1, 0.15) is 0 Å². The van der Waals surface area contributed by atoms with Gasteiger partial charge in [-0.3, -0.25) is 12.2 Å². The van der Waals surface area contributed by atoms with Crippen molar-refractivity contribution in [3.05, 3.63) is 47.9 Å². The van der Waals surface area contributed by atoms with Crippen LogP contribution in [0.15, 0.2) is 35.7 Å². The number of hydrogen-bond donors (Lipinski definition) is 0. The molecule has 0 nitrogen and oxygen atoms in total. The summed E-state index contributed by atoms with van der Waals surface area (Å²) in [5.74, 6) is 0. The fourth-order valence-electron chi connectivity index (χ4n) is 4.25. The fraction of sp³-hybridized carbons (Fsp3) is 0.667. The minimum absolute atomic E-state index is 0. The van der Waals surface area contributed by atoms with Gasteiger partial charge in [0.05, 0.1) is 8.07 Å². The van der Waals surface area contributed by atoms with Gasteiger partial charge in [0, 0.05) is 16.1 Å². The van der Waals surface area contributed by atoms with E-state index in [1.165, 1.54) is 0 Å². The molecule has 0 aromatic heterocycles. The Morgan fingerprint density at radius 1 is 0.500 bits per heavy atom. The second-order valence-corrected chi connectivity index (χ2v) is 40.5. The Labute approximate surface area is 239 Å². The monoisotopic (exact) mass is 638 g/mol. The van der Waals surface area contributed by atoms with Crippen LogP contribution in [0.5, 0.6) is 0 Å². The predicted octanol–water partition coefficient (Wildman–Crippen LogP) is 2.78. The minimum Gasteiger partial charge on any atom is -1.00 e. The SMILES string of the molecule is C[Si](C)(C)C=C[C-]=CC([Si](C)(C)C)[Si](C)(C)C(C=[C-]C=C[Si](C)(C)C)[Si](C)(C)C.[Cl-].[Cl-].[Zr+4]. The van der Waals surface area contributed by atoms with E-state index in [-0.39, 0.29) is 51.0 Å². The summed E-state index contributed by atoms with van der Waals surface area (Å²) in [7, 11) is -6.62. The molecule has 0 aromatic carbocycles. The largest absolute Gasteiger partial charge is 4.00 e. The topological polar surface area (TPSA) is 0 Å². The van der Waals surface area contributed by atoms with E-state index < -0.39 is 40.4 Å². The third kappa shape index (κ3) is 17.0. The number of rotatable bonds is 10. The van der Waals surface area contributed by atoms with Crippen LogP contribution in [0.4, 0.5) is 0 Å². The van der Waals surface area contributed by atoms with Crippen LogP contribution in [0.1, 0.15) is 0 Å². The van der Waals surface area contributed by atoms with Gasteiger partial charge in [0.15, 0.2) is 0 Å². The molecule has 2 unspecified atom stereocenters. The van der Waals surface area contributed by atoms with Crippen LogP contribution in [0.25, 0.3) is 0 Å². The van der Waals surface area contributed by atoms with Crippen molar-refractivity contribution in [3.8, 4) is 0 Å². The van der Waals surface area contributed by atoms with Crippen molar-refractivity contribution < 1.29 is 51.0 Å². The van der Waals surface area contributed by atoms with Crippen molar-refractivity contribution in [2.24, 2.45) is 0 Å². The molecule has 2 atom stereocenters. The number of halogens is 2. The molecule has 0 spiro atoms. The van der Waals surface area contributed by atoms with Crippen LogP contribution < -0.4 is 24.8 Å². The van der Waals surface area contributed by atoms with E-state index in [0.717, 1.165) is 10.3 Å². The van der Waals surface area contributed by atoms with E-state index in [4.69, 9.17) is 0 Å².